The summed E-state index contributed by atoms with van der Waals surface area (Å²) < 4.78 is 0. The quantitative estimate of drug-likeness (QED) is 0.873. The highest BCUT2D eigenvalue weighted by Gasteiger charge is 2.23. The summed E-state index contributed by atoms with van der Waals surface area (Å²) in [6.45, 7) is 3.53. The van der Waals surface area contributed by atoms with E-state index in [0.717, 1.165) is 25.2 Å². The summed E-state index contributed by atoms with van der Waals surface area (Å²) in [5, 5.41) is 3.65. The second-order valence-corrected chi connectivity index (χ2v) is 6.30. The van der Waals surface area contributed by atoms with Crippen LogP contribution in [0.25, 0.3) is 0 Å². The molecule has 1 heterocycles. The Hall–Kier alpha value is -1.10. The van der Waals surface area contributed by atoms with E-state index in [0.29, 0.717) is 24.0 Å². The summed E-state index contributed by atoms with van der Waals surface area (Å²) in [4.78, 5) is 16.5. The Morgan fingerprint density at radius 2 is 2.29 bits per heavy atom. The molecule has 5 heteroatoms. The van der Waals surface area contributed by atoms with Crippen molar-refractivity contribution in [3.8, 4) is 0 Å². The molecule has 0 aliphatic carbocycles. The second-order valence-electron chi connectivity index (χ2n) is 5.86. The molecule has 116 valence electrons. The summed E-state index contributed by atoms with van der Waals surface area (Å²) >= 11 is 5.92. The van der Waals surface area contributed by atoms with Crippen molar-refractivity contribution in [2.75, 3.05) is 33.7 Å². The molecular formula is C16H24ClN3O. The van der Waals surface area contributed by atoms with Crippen LogP contribution in [0, 0.1) is 0 Å². The molecule has 21 heavy (non-hydrogen) atoms. The molecule has 1 aliphatic rings. The van der Waals surface area contributed by atoms with Gasteiger partial charge in [0.05, 0.1) is 0 Å². The van der Waals surface area contributed by atoms with Gasteiger partial charge in [0.25, 0.3) is 0 Å². The van der Waals surface area contributed by atoms with Crippen molar-refractivity contribution in [3.63, 3.8) is 0 Å². The Morgan fingerprint density at radius 1 is 1.48 bits per heavy atom. The molecule has 1 aliphatic heterocycles. The number of nitrogens with one attached hydrogen (secondary N) is 1. The fraction of sp³-hybridized carbons (Fsp3) is 0.562. The van der Waals surface area contributed by atoms with E-state index < -0.39 is 0 Å². The van der Waals surface area contributed by atoms with E-state index >= 15 is 0 Å². The fourth-order valence-electron chi connectivity index (χ4n) is 2.63. The zero-order chi connectivity index (χ0) is 15.2. The molecule has 1 aromatic rings. The Balaban J connectivity index is 1.66. The Labute approximate surface area is 132 Å². The predicted octanol–water partition coefficient (Wildman–Crippen LogP) is 1.98. The number of carbonyl (C=O) groups excluding carboxylic acids is 1. The number of halogens is 1. The van der Waals surface area contributed by atoms with Gasteiger partial charge >= 0.3 is 0 Å². The molecule has 1 fully saturated rings. The monoisotopic (exact) mass is 309 g/mol. The standard InChI is InChI=1S/C16H24ClN3O/c1-19(2)15-6-8-20(12-15)9-7-16(21)18-11-13-4-3-5-14(17)10-13/h3-5,10,15H,6-9,11-12H2,1-2H3,(H,18,21)/t15-/m1/s1. The second kappa shape index (κ2) is 7.78. The van der Waals surface area contributed by atoms with Crippen LogP contribution in [0.5, 0.6) is 0 Å². The van der Waals surface area contributed by atoms with Crippen LogP contribution in [0.1, 0.15) is 18.4 Å². The largest absolute Gasteiger partial charge is 0.352 e. The predicted molar refractivity (Wildman–Crippen MR) is 86.4 cm³/mol. The van der Waals surface area contributed by atoms with Crippen molar-refractivity contribution < 1.29 is 4.79 Å². The summed E-state index contributed by atoms with van der Waals surface area (Å²) in [7, 11) is 4.23. The number of likely N-dealkylation sites (N-methyl/N-ethyl adjacent to an activating group) is 1. The normalized spacial score (nSPS) is 19.1. The van der Waals surface area contributed by atoms with Crippen LogP contribution in [0.3, 0.4) is 0 Å². The first-order valence-electron chi connectivity index (χ1n) is 7.44. The number of rotatable bonds is 6. The van der Waals surface area contributed by atoms with Gasteiger partial charge in [-0.25, -0.2) is 0 Å². The van der Waals surface area contributed by atoms with Crippen molar-refractivity contribution in [3.05, 3.63) is 34.9 Å². The summed E-state index contributed by atoms with van der Waals surface area (Å²) in [5.41, 5.74) is 1.03. The van der Waals surface area contributed by atoms with Crippen LogP contribution in [0.4, 0.5) is 0 Å². The molecule has 0 saturated carbocycles. The van der Waals surface area contributed by atoms with Crippen LogP contribution >= 0.6 is 11.6 Å². The molecule has 1 amide bonds. The topological polar surface area (TPSA) is 35.6 Å². The van der Waals surface area contributed by atoms with E-state index in [9.17, 15) is 4.79 Å². The van der Waals surface area contributed by atoms with E-state index in [-0.39, 0.29) is 5.91 Å². The third kappa shape index (κ3) is 5.30. The van der Waals surface area contributed by atoms with Crippen LogP contribution in [-0.4, -0.2) is 55.5 Å². The molecule has 1 N–H and O–H groups in total. The van der Waals surface area contributed by atoms with Gasteiger partial charge in [0.15, 0.2) is 0 Å². The highest BCUT2D eigenvalue weighted by atomic mass is 35.5. The molecule has 1 aromatic carbocycles. The zero-order valence-corrected chi connectivity index (χ0v) is 13.6. The lowest BCUT2D eigenvalue weighted by atomic mass is 10.2. The molecule has 0 spiro atoms. The molecular weight excluding hydrogens is 286 g/mol. The van der Waals surface area contributed by atoms with Gasteiger partial charge in [0, 0.05) is 37.1 Å². The smallest absolute Gasteiger partial charge is 0.221 e. The molecule has 0 radical (unpaired) electrons. The molecule has 0 bridgehead atoms. The van der Waals surface area contributed by atoms with Crippen molar-refractivity contribution in [1.82, 2.24) is 15.1 Å². The first-order chi connectivity index (χ1) is 10.0. The van der Waals surface area contributed by atoms with E-state index in [2.05, 4.69) is 29.2 Å². The zero-order valence-electron chi connectivity index (χ0n) is 12.8. The number of benzene rings is 1. The summed E-state index contributed by atoms with van der Waals surface area (Å²) in [6, 6.07) is 8.20. The van der Waals surface area contributed by atoms with Gasteiger partial charge in [0.1, 0.15) is 0 Å². The van der Waals surface area contributed by atoms with Crippen molar-refractivity contribution >= 4 is 17.5 Å². The van der Waals surface area contributed by atoms with Gasteiger partial charge in [-0.1, -0.05) is 23.7 Å². The average Bonchev–Trinajstić information content (AvgIpc) is 2.92. The minimum atomic E-state index is 0.100. The Morgan fingerprint density at radius 3 is 2.95 bits per heavy atom. The van der Waals surface area contributed by atoms with E-state index in [4.69, 9.17) is 11.6 Å². The maximum absolute atomic E-state index is 11.9. The lowest BCUT2D eigenvalue weighted by molar-refractivity contribution is -0.121. The van der Waals surface area contributed by atoms with Crippen LogP contribution in [-0.2, 0) is 11.3 Å². The van der Waals surface area contributed by atoms with Crippen molar-refractivity contribution in [2.24, 2.45) is 0 Å². The van der Waals surface area contributed by atoms with E-state index in [1.807, 2.05) is 24.3 Å². The number of hydrogen-bond donors (Lipinski definition) is 1. The van der Waals surface area contributed by atoms with Gasteiger partial charge in [-0.15, -0.1) is 0 Å². The van der Waals surface area contributed by atoms with Crippen LogP contribution in [0.2, 0.25) is 5.02 Å². The van der Waals surface area contributed by atoms with Crippen LogP contribution < -0.4 is 5.32 Å². The maximum Gasteiger partial charge on any atom is 0.221 e. The van der Waals surface area contributed by atoms with Gasteiger partial charge in [-0.3, -0.25) is 4.79 Å². The molecule has 4 nitrogen and oxygen atoms in total. The highest BCUT2D eigenvalue weighted by Crippen LogP contribution is 2.13. The van der Waals surface area contributed by atoms with Gasteiger partial charge in [-0.2, -0.15) is 0 Å². The van der Waals surface area contributed by atoms with Crippen molar-refractivity contribution in [2.45, 2.75) is 25.4 Å². The van der Waals surface area contributed by atoms with Crippen molar-refractivity contribution in [1.29, 1.82) is 0 Å². The SMILES string of the molecule is CN(C)[C@@H]1CCN(CCC(=O)NCc2cccc(Cl)c2)C1. The fourth-order valence-corrected chi connectivity index (χ4v) is 2.85. The third-order valence-electron chi connectivity index (χ3n) is 4.01. The number of nitrogens with zero attached hydrogens (tertiary/aromatic N) is 2. The maximum atomic E-state index is 11.9. The Kier molecular flexibility index (Phi) is 6.03. The van der Waals surface area contributed by atoms with E-state index in [1.165, 1.54) is 6.42 Å². The average molecular weight is 310 g/mol. The number of likely N-dealkylation sites (tertiary alicyclic amines) is 1. The highest BCUT2D eigenvalue weighted by molar-refractivity contribution is 6.30. The number of hydrogen-bond acceptors (Lipinski definition) is 3. The van der Waals surface area contributed by atoms with E-state index in [1.54, 1.807) is 0 Å². The molecule has 1 saturated heterocycles. The first-order valence-corrected chi connectivity index (χ1v) is 7.82. The summed E-state index contributed by atoms with van der Waals surface area (Å²) in [6.07, 6.45) is 1.75. The minimum Gasteiger partial charge on any atom is -0.352 e. The molecule has 1 atom stereocenters. The molecule has 2 rings (SSSR count). The summed E-state index contributed by atoms with van der Waals surface area (Å²) in [5.74, 6) is 0.100. The number of carbonyl (C=O) groups is 1. The number of amides is 1. The molecule has 0 unspecified atom stereocenters. The molecule has 0 aromatic heterocycles. The van der Waals surface area contributed by atoms with Crippen LogP contribution in [0.15, 0.2) is 24.3 Å². The lowest BCUT2D eigenvalue weighted by Crippen LogP contribution is -2.33. The Bertz CT molecular complexity index is 478. The minimum absolute atomic E-state index is 0.100. The van der Waals surface area contributed by atoms with Gasteiger partial charge in [-0.05, 0) is 44.8 Å². The first kappa shape index (κ1) is 16.3. The third-order valence-corrected chi connectivity index (χ3v) is 4.25. The van der Waals surface area contributed by atoms with Gasteiger partial charge in [0.2, 0.25) is 5.91 Å². The lowest BCUT2D eigenvalue weighted by Gasteiger charge is -2.20. The van der Waals surface area contributed by atoms with Gasteiger partial charge < -0.3 is 15.1 Å².